The Morgan fingerprint density at radius 3 is 2.84 bits per heavy atom. The van der Waals surface area contributed by atoms with Crippen molar-refractivity contribution in [3.8, 4) is 0 Å². The Kier molecular flexibility index (Phi) is 7.25. The summed E-state index contributed by atoms with van der Waals surface area (Å²) in [5, 5.41) is 3.32. The van der Waals surface area contributed by atoms with E-state index in [0.717, 1.165) is 5.56 Å². The zero-order valence-electron chi connectivity index (χ0n) is 14.3. The fourth-order valence-corrected chi connectivity index (χ4v) is 2.97. The van der Waals surface area contributed by atoms with Crippen LogP contribution in [0.4, 0.5) is 0 Å². The third-order valence-electron chi connectivity index (χ3n) is 4.04. The molecule has 1 unspecified atom stereocenters. The number of halogens is 1. The van der Waals surface area contributed by atoms with E-state index in [9.17, 15) is 14.4 Å². The van der Waals surface area contributed by atoms with Crippen LogP contribution in [-0.2, 0) is 25.5 Å². The highest BCUT2D eigenvalue weighted by Crippen LogP contribution is 2.18. The molecular weight excluding hydrogens is 344 g/mol. The molecular formula is C18H23ClN2O4. The van der Waals surface area contributed by atoms with Gasteiger partial charge >= 0.3 is 5.97 Å². The number of hydrogen-bond donors (Lipinski definition) is 1. The number of carbonyl (C=O) groups excluding carboxylic acids is 3. The number of hydrogen-bond acceptors (Lipinski definition) is 4. The van der Waals surface area contributed by atoms with Crippen molar-refractivity contribution in [1.29, 1.82) is 0 Å². The molecule has 0 radical (unpaired) electrons. The standard InChI is InChI=1S/C18H23ClN2O4/c1-2-11-25-17(23)12-15-18(24)20-9-10-21(15)16(22)8-7-13-5-3-4-6-14(13)19/h3-6,15H,2,7-12H2,1H3,(H,20,24). The third kappa shape index (κ3) is 5.46. The van der Waals surface area contributed by atoms with Gasteiger partial charge in [-0.25, -0.2) is 0 Å². The summed E-state index contributed by atoms with van der Waals surface area (Å²) in [5.41, 5.74) is 0.887. The predicted octanol–water partition coefficient (Wildman–Crippen LogP) is 1.94. The van der Waals surface area contributed by atoms with Gasteiger partial charge in [0.05, 0.1) is 13.0 Å². The molecule has 25 heavy (non-hydrogen) atoms. The van der Waals surface area contributed by atoms with Crippen LogP contribution in [0.3, 0.4) is 0 Å². The van der Waals surface area contributed by atoms with Crippen molar-refractivity contribution < 1.29 is 19.1 Å². The van der Waals surface area contributed by atoms with Gasteiger partial charge in [0.25, 0.3) is 0 Å². The molecule has 1 aromatic carbocycles. The van der Waals surface area contributed by atoms with Crippen molar-refractivity contribution in [2.45, 2.75) is 38.6 Å². The second-order valence-electron chi connectivity index (χ2n) is 5.91. The normalized spacial score (nSPS) is 17.1. The van der Waals surface area contributed by atoms with Crippen molar-refractivity contribution in [3.63, 3.8) is 0 Å². The summed E-state index contributed by atoms with van der Waals surface area (Å²) in [6.07, 6.45) is 1.31. The van der Waals surface area contributed by atoms with Gasteiger partial charge in [-0.05, 0) is 24.5 Å². The molecule has 7 heteroatoms. The number of ether oxygens (including phenoxy) is 1. The van der Waals surface area contributed by atoms with Crippen LogP contribution in [0.2, 0.25) is 5.02 Å². The third-order valence-corrected chi connectivity index (χ3v) is 4.41. The molecule has 6 nitrogen and oxygen atoms in total. The van der Waals surface area contributed by atoms with E-state index in [1.54, 1.807) is 6.07 Å². The molecule has 2 amide bonds. The van der Waals surface area contributed by atoms with Crippen LogP contribution >= 0.6 is 11.6 Å². The van der Waals surface area contributed by atoms with E-state index < -0.39 is 12.0 Å². The lowest BCUT2D eigenvalue weighted by Gasteiger charge is -2.34. The zero-order chi connectivity index (χ0) is 18.2. The summed E-state index contributed by atoms with van der Waals surface area (Å²) in [4.78, 5) is 38.0. The molecule has 1 heterocycles. The number of benzene rings is 1. The number of amides is 2. The van der Waals surface area contributed by atoms with Gasteiger partial charge < -0.3 is 15.0 Å². The maximum Gasteiger partial charge on any atom is 0.308 e. The Bertz CT molecular complexity index is 635. The maximum atomic E-state index is 12.6. The number of rotatable bonds is 7. The smallest absolute Gasteiger partial charge is 0.308 e. The first-order chi connectivity index (χ1) is 12.0. The largest absolute Gasteiger partial charge is 0.466 e. The second kappa shape index (κ2) is 9.42. The topological polar surface area (TPSA) is 75.7 Å². The summed E-state index contributed by atoms with van der Waals surface area (Å²) in [6, 6.07) is 6.55. The first kappa shape index (κ1) is 19.2. The van der Waals surface area contributed by atoms with Crippen molar-refractivity contribution in [2.24, 2.45) is 0 Å². The SMILES string of the molecule is CCCOC(=O)CC1C(=O)NCCN1C(=O)CCc1ccccc1Cl. The van der Waals surface area contributed by atoms with E-state index in [2.05, 4.69) is 5.32 Å². The molecule has 1 N–H and O–H groups in total. The van der Waals surface area contributed by atoms with Gasteiger partial charge in [0.2, 0.25) is 11.8 Å². The highest BCUT2D eigenvalue weighted by molar-refractivity contribution is 6.31. The van der Waals surface area contributed by atoms with Crippen LogP contribution in [0.1, 0.15) is 31.7 Å². The molecule has 0 spiro atoms. The maximum absolute atomic E-state index is 12.6. The van der Waals surface area contributed by atoms with Gasteiger partial charge in [0, 0.05) is 24.5 Å². The van der Waals surface area contributed by atoms with Gasteiger partial charge in [0.1, 0.15) is 6.04 Å². The fraction of sp³-hybridized carbons (Fsp3) is 0.500. The lowest BCUT2D eigenvalue weighted by molar-refractivity contribution is -0.151. The number of aryl methyl sites for hydroxylation is 1. The van der Waals surface area contributed by atoms with E-state index >= 15 is 0 Å². The average Bonchev–Trinajstić information content (AvgIpc) is 2.60. The minimum atomic E-state index is -0.808. The zero-order valence-corrected chi connectivity index (χ0v) is 15.1. The van der Waals surface area contributed by atoms with E-state index in [1.807, 2.05) is 25.1 Å². The molecule has 136 valence electrons. The number of carbonyl (C=O) groups is 3. The van der Waals surface area contributed by atoms with Gasteiger partial charge in [-0.2, -0.15) is 0 Å². The van der Waals surface area contributed by atoms with E-state index in [0.29, 0.717) is 37.6 Å². The molecule has 1 aliphatic rings. The van der Waals surface area contributed by atoms with Crippen molar-refractivity contribution in [3.05, 3.63) is 34.9 Å². The van der Waals surface area contributed by atoms with Crippen molar-refractivity contribution in [1.82, 2.24) is 10.2 Å². The van der Waals surface area contributed by atoms with Gasteiger partial charge in [-0.15, -0.1) is 0 Å². The van der Waals surface area contributed by atoms with Gasteiger partial charge in [0.15, 0.2) is 0 Å². The molecule has 1 aliphatic heterocycles. The first-order valence-corrected chi connectivity index (χ1v) is 8.87. The van der Waals surface area contributed by atoms with Crippen molar-refractivity contribution >= 4 is 29.4 Å². The summed E-state index contributed by atoms with van der Waals surface area (Å²) in [6.45, 7) is 2.98. The van der Waals surface area contributed by atoms with Crippen LogP contribution in [0, 0.1) is 0 Å². The fourth-order valence-electron chi connectivity index (χ4n) is 2.74. The minimum Gasteiger partial charge on any atom is -0.466 e. The molecule has 1 aromatic rings. The number of piperazine rings is 1. The Morgan fingerprint density at radius 1 is 1.36 bits per heavy atom. The van der Waals surface area contributed by atoms with Gasteiger partial charge in [-0.3, -0.25) is 14.4 Å². The van der Waals surface area contributed by atoms with Gasteiger partial charge in [-0.1, -0.05) is 36.7 Å². The summed E-state index contributed by atoms with van der Waals surface area (Å²) in [5.74, 6) is -0.943. The summed E-state index contributed by atoms with van der Waals surface area (Å²) in [7, 11) is 0. The molecule has 0 aromatic heterocycles. The molecule has 1 saturated heterocycles. The van der Waals surface area contributed by atoms with Crippen LogP contribution < -0.4 is 5.32 Å². The second-order valence-corrected chi connectivity index (χ2v) is 6.32. The molecule has 1 atom stereocenters. The van der Waals surface area contributed by atoms with E-state index in [1.165, 1.54) is 4.90 Å². The quantitative estimate of drug-likeness (QED) is 0.748. The number of nitrogens with one attached hydrogen (secondary N) is 1. The number of esters is 1. The van der Waals surface area contributed by atoms with E-state index in [-0.39, 0.29) is 24.7 Å². The highest BCUT2D eigenvalue weighted by Gasteiger charge is 2.34. The Balaban J connectivity index is 1.98. The lowest BCUT2D eigenvalue weighted by atomic mass is 10.1. The molecule has 1 fully saturated rings. The summed E-state index contributed by atoms with van der Waals surface area (Å²) >= 11 is 6.11. The Hall–Kier alpha value is -2.08. The lowest BCUT2D eigenvalue weighted by Crippen LogP contribution is -2.57. The predicted molar refractivity (Wildman–Crippen MR) is 94.2 cm³/mol. The molecule has 0 saturated carbocycles. The molecule has 0 aliphatic carbocycles. The van der Waals surface area contributed by atoms with Crippen LogP contribution in [-0.4, -0.2) is 48.4 Å². The van der Waals surface area contributed by atoms with Crippen LogP contribution in [0.5, 0.6) is 0 Å². The minimum absolute atomic E-state index is 0.121. The highest BCUT2D eigenvalue weighted by atomic mass is 35.5. The van der Waals surface area contributed by atoms with Crippen LogP contribution in [0.25, 0.3) is 0 Å². The molecule has 2 rings (SSSR count). The summed E-state index contributed by atoms with van der Waals surface area (Å²) < 4.78 is 5.04. The van der Waals surface area contributed by atoms with Crippen LogP contribution in [0.15, 0.2) is 24.3 Å². The Labute approximate surface area is 152 Å². The van der Waals surface area contributed by atoms with E-state index in [4.69, 9.17) is 16.3 Å². The average molecular weight is 367 g/mol. The number of nitrogens with zero attached hydrogens (tertiary/aromatic N) is 1. The first-order valence-electron chi connectivity index (χ1n) is 8.49. The molecule has 0 bridgehead atoms. The monoisotopic (exact) mass is 366 g/mol. The van der Waals surface area contributed by atoms with Crippen molar-refractivity contribution in [2.75, 3.05) is 19.7 Å². The Morgan fingerprint density at radius 2 is 2.12 bits per heavy atom.